The molecule has 2 aromatic rings. The van der Waals surface area contributed by atoms with Gasteiger partial charge in [-0.2, -0.15) is 0 Å². The lowest BCUT2D eigenvalue weighted by Gasteiger charge is -2.35. The van der Waals surface area contributed by atoms with Gasteiger partial charge in [0, 0.05) is 19.7 Å². The molecule has 0 radical (unpaired) electrons. The van der Waals surface area contributed by atoms with E-state index in [2.05, 4.69) is 10.3 Å². The Morgan fingerprint density at radius 2 is 2.00 bits per heavy atom. The number of nitrogens with zero attached hydrogens (tertiary/aromatic N) is 5. The van der Waals surface area contributed by atoms with Gasteiger partial charge in [0.2, 0.25) is 5.91 Å². The molecule has 11 nitrogen and oxygen atoms in total. The number of rotatable bonds is 5. The number of aliphatic hydroxyl groups is 1. The predicted molar refractivity (Wildman–Crippen MR) is 134 cm³/mol. The maximum atomic E-state index is 14.2. The SMILES string of the molecule is CC1CC/C=C\[C@H]2OC34C=CCN(Cn5nnc6ccccc65)C(=O)[C@H]3N(CCCO)C(=O)[C@@H]4C2C(=O)O1. The Balaban J connectivity index is 1.39. The number of amides is 2. The molecular weight excluding hydrogens is 490 g/mol. The van der Waals surface area contributed by atoms with Gasteiger partial charge < -0.3 is 24.4 Å². The highest BCUT2D eigenvalue weighted by Gasteiger charge is 2.71. The molecule has 6 rings (SSSR count). The lowest BCUT2D eigenvalue weighted by atomic mass is 9.78. The summed E-state index contributed by atoms with van der Waals surface area (Å²) in [5.41, 5.74) is 0.173. The van der Waals surface area contributed by atoms with Gasteiger partial charge in [-0.1, -0.05) is 41.7 Å². The first kappa shape index (κ1) is 24.7. The lowest BCUT2D eigenvalue weighted by molar-refractivity contribution is -0.158. The first-order valence-electron chi connectivity index (χ1n) is 13.2. The molecule has 0 aliphatic carbocycles. The van der Waals surface area contributed by atoms with Gasteiger partial charge in [0.15, 0.2) is 0 Å². The van der Waals surface area contributed by atoms with Crippen molar-refractivity contribution in [2.75, 3.05) is 19.7 Å². The zero-order chi connectivity index (χ0) is 26.4. The van der Waals surface area contributed by atoms with E-state index in [4.69, 9.17) is 9.47 Å². The topological polar surface area (TPSA) is 127 Å². The molecule has 1 aromatic carbocycles. The van der Waals surface area contributed by atoms with Crippen molar-refractivity contribution in [2.24, 2.45) is 11.8 Å². The molecule has 5 heterocycles. The highest BCUT2D eigenvalue weighted by atomic mass is 16.6. The summed E-state index contributed by atoms with van der Waals surface area (Å²) in [5, 5.41) is 17.9. The normalized spacial score (nSPS) is 33.7. The second-order valence-corrected chi connectivity index (χ2v) is 10.4. The number of allylic oxidation sites excluding steroid dienone is 1. The zero-order valence-electron chi connectivity index (χ0n) is 21.2. The highest BCUT2D eigenvalue weighted by Crippen LogP contribution is 2.53. The lowest BCUT2D eigenvalue weighted by Crippen LogP contribution is -2.55. The van der Waals surface area contributed by atoms with E-state index < -0.39 is 35.6 Å². The summed E-state index contributed by atoms with van der Waals surface area (Å²) in [4.78, 5) is 44.7. The number of para-hydroxylation sites is 1. The smallest absolute Gasteiger partial charge is 0.313 e. The second-order valence-electron chi connectivity index (χ2n) is 10.4. The van der Waals surface area contributed by atoms with Gasteiger partial charge in [-0.15, -0.1) is 5.10 Å². The number of carbonyl (C=O) groups excluding carboxylic acids is 3. The number of esters is 1. The van der Waals surface area contributed by atoms with E-state index in [0.717, 1.165) is 5.52 Å². The molecule has 3 unspecified atom stereocenters. The Bertz CT molecular complexity index is 1320. The van der Waals surface area contributed by atoms with Crippen molar-refractivity contribution in [2.45, 2.75) is 56.7 Å². The third kappa shape index (κ3) is 3.83. The number of hydrogen-bond donors (Lipinski definition) is 1. The van der Waals surface area contributed by atoms with Gasteiger partial charge in [0.1, 0.15) is 29.7 Å². The summed E-state index contributed by atoms with van der Waals surface area (Å²) in [6, 6.07) is 6.50. The minimum Gasteiger partial charge on any atom is -0.462 e. The Morgan fingerprint density at radius 1 is 1.16 bits per heavy atom. The van der Waals surface area contributed by atoms with Gasteiger partial charge in [-0.05, 0) is 38.3 Å². The van der Waals surface area contributed by atoms with Crippen LogP contribution in [0.2, 0.25) is 0 Å². The number of fused-ring (bicyclic) bond motifs is 3. The zero-order valence-corrected chi connectivity index (χ0v) is 21.2. The molecule has 38 heavy (non-hydrogen) atoms. The summed E-state index contributed by atoms with van der Waals surface area (Å²) in [6.45, 7) is 2.28. The van der Waals surface area contributed by atoms with Crippen molar-refractivity contribution in [1.29, 1.82) is 0 Å². The molecule has 4 aliphatic rings. The molecular formula is C27H31N5O6. The number of ether oxygens (including phenoxy) is 2. The number of carbonyl (C=O) groups is 3. The van der Waals surface area contributed by atoms with Crippen LogP contribution in [-0.4, -0.2) is 91.2 Å². The third-order valence-corrected chi connectivity index (χ3v) is 8.01. The molecule has 6 atom stereocenters. The quantitative estimate of drug-likeness (QED) is 0.457. The molecule has 1 spiro atoms. The standard InChI is InChI=1S/C27H31N5O6/c1-17-8-2-5-11-20-21(26(36)37-17)22-24(34)31(14-7-15-33)23-25(35)30(13-6-12-27(22,23)38-20)16-32-19-10-4-3-9-18(19)28-29-32/h3-6,9-12,17,20-23,33H,2,7-8,13-16H2,1H3/b11-5-/t17?,20-,21?,22+,23-,27?/m1/s1. The third-order valence-electron chi connectivity index (χ3n) is 8.01. The van der Waals surface area contributed by atoms with Crippen LogP contribution in [0.1, 0.15) is 26.2 Å². The van der Waals surface area contributed by atoms with Crippen molar-refractivity contribution >= 4 is 28.8 Å². The van der Waals surface area contributed by atoms with Crippen molar-refractivity contribution in [3.05, 3.63) is 48.6 Å². The van der Waals surface area contributed by atoms with Crippen LogP contribution in [-0.2, 0) is 30.5 Å². The largest absolute Gasteiger partial charge is 0.462 e. The number of hydrogen-bond acceptors (Lipinski definition) is 8. The van der Waals surface area contributed by atoms with Crippen molar-refractivity contribution in [3.8, 4) is 0 Å². The summed E-state index contributed by atoms with van der Waals surface area (Å²) in [7, 11) is 0. The summed E-state index contributed by atoms with van der Waals surface area (Å²) in [6.07, 6.45) is 8.13. The number of likely N-dealkylation sites (tertiary alicyclic amines) is 1. The Kier molecular flexibility index (Phi) is 6.27. The molecule has 2 fully saturated rings. The molecule has 2 saturated heterocycles. The van der Waals surface area contributed by atoms with Crippen LogP contribution in [0.25, 0.3) is 11.0 Å². The van der Waals surface area contributed by atoms with E-state index >= 15 is 0 Å². The number of cyclic esters (lactones) is 1. The molecule has 4 aliphatic heterocycles. The second kappa shape index (κ2) is 9.63. The predicted octanol–water partition coefficient (Wildman–Crippen LogP) is 1.03. The minimum atomic E-state index is -1.33. The monoisotopic (exact) mass is 521 g/mol. The summed E-state index contributed by atoms with van der Waals surface area (Å²) < 4.78 is 14.0. The molecule has 0 saturated carbocycles. The van der Waals surface area contributed by atoms with Crippen molar-refractivity contribution < 1.29 is 29.0 Å². The minimum absolute atomic E-state index is 0.134. The van der Waals surface area contributed by atoms with E-state index in [1.54, 1.807) is 15.7 Å². The van der Waals surface area contributed by atoms with E-state index in [9.17, 15) is 19.5 Å². The maximum absolute atomic E-state index is 14.2. The Labute approximate surface area is 219 Å². The molecule has 1 N–H and O–H groups in total. The molecule has 1 aromatic heterocycles. The van der Waals surface area contributed by atoms with Gasteiger partial charge >= 0.3 is 5.97 Å². The van der Waals surface area contributed by atoms with Crippen LogP contribution in [0.5, 0.6) is 0 Å². The summed E-state index contributed by atoms with van der Waals surface area (Å²) >= 11 is 0. The highest BCUT2D eigenvalue weighted by molar-refractivity contribution is 5.99. The molecule has 200 valence electrons. The van der Waals surface area contributed by atoms with E-state index in [1.807, 2.05) is 49.4 Å². The maximum Gasteiger partial charge on any atom is 0.313 e. The fraction of sp³-hybridized carbons (Fsp3) is 0.519. The number of aliphatic hydroxyl groups excluding tert-OH is 1. The van der Waals surface area contributed by atoms with E-state index in [0.29, 0.717) is 24.8 Å². The van der Waals surface area contributed by atoms with Gasteiger partial charge in [0.05, 0.1) is 23.6 Å². The number of aromatic nitrogens is 3. The van der Waals surface area contributed by atoms with Gasteiger partial charge in [-0.3, -0.25) is 14.4 Å². The van der Waals surface area contributed by atoms with Crippen LogP contribution in [0, 0.1) is 11.8 Å². The van der Waals surface area contributed by atoms with Crippen LogP contribution in [0.3, 0.4) is 0 Å². The fourth-order valence-electron chi connectivity index (χ4n) is 6.29. The van der Waals surface area contributed by atoms with Crippen molar-refractivity contribution in [1.82, 2.24) is 24.8 Å². The van der Waals surface area contributed by atoms with E-state index in [1.165, 1.54) is 4.90 Å². The van der Waals surface area contributed by atoms with Gasteiger partial charge in [0.25, 0.3) is 5.91 Å². The molecule has 0 bridgehead atoms. The van der Waals surface area contributed by atoms with Crippen molar-refractivity contribution in [3.63, 3.8) is 0 Å². The van der Waals surface area contributed by atoms with Crippen LogP contribution >= 0.6 is 0 Å². The van der Waals surface area contributed by atoms with Crippen LogP contribution in [0.15, 0.2) is 48.6 Å². The van der Waals surface area contributed by atoms with Crippen LogP contribution in [0.4, 0.5) is 0 Å². The summed E-state index contributed by atoms with van der Waals surface area (Å²) in [5.74, 6) is -2.90. The van der Waals surface area contributed by atoms with Gasteiger partial charge in [-0.25, -0.2) is 4.68 Å². The van der Waals surface area contributed by atoms with Crippen LogP contribution < -0.4 is 0 Å². The first-order chi connectivity index (χ1) is 18.4. The Hall–Kier alpha value is -3.57. The first-order valence-corrected chi connectivity index (χ1v) is 13.2. The molecule has 2 amide bonds. The average Bonchev–Trinajstić information content (AvgIpc) is 3.50. The Morgan fingerprint density at radius 3 is 2.84 bits per heavy atom. The number of benzene rings is 1. The van der Waals surface area contributed by atoms with E-state index in [-0.39, 0.29) is 44.3 Å². The molecule has 11 heteroatoms. The fourth-order valence-corrected chi connectivity index (χ4v) is 6.29. The average molecular weight is 522 g/mol.